The minimum atomic E-state index is 0.427. The van der Waals surface area contributed by atoms with Gasteiger partial charge >= 0.3 is 0 Å². The van der Waals surface area contributed by atoms with Gasteiger partial charge in [-0.3, -0.25) is 0 Å². The van der Waals surface area contributed by atoms with E-state index in [-0.39, 0.29) is 0 Å². The Kier molecular flexibility index (Phi) is 5.99. The summed E-state index contributed by atoms with van der Waals surface area (Å²) in [6, 6.07) is 2.27. The van der Waals surface area contributed by atoms with Crippen LogP contribution in [-0.4, -0.2) is 67.3 Å². The van der Waals surface area contributed by atoms with Gasteiger partial charge in [0.1, 0.15) is 6.07 Å². The molecular formula is C16H24N6OS. The minimum absolute atomic E-state index is 0.427. The Labute approximate surface area is 147 Å². The molecule has 0 atom stereocenters. The topological polar surface area (TPSA) is 77.3 Å². The highest BCUT2D eigenvalue weighted by Gasteiger charge is 2.24. The van der Waals surface area contributed by atoms with E-state index in [0.29, 0.717) is 24.0 Å². The number of nitriles is 1. The molecule has 1 N–H and O–H groups in total. The minimum Gasteiger partial charge on any atom is -0.477 e. The van der Waals surface area contributed by atoms with E-state index in [1.54, 1.807) is 0 Å². The first-order chi connectivity index (χ1) is 11.8. The standard InChI is InChI=1S/C16H24N6OS/c1-2-9-23-15-13(12-17)14(21-7-10-24-11-8-21)19-16(20-15)22-5-3-18-4-6-22/h18H,2-11H2,1H3. The second-order valence-corrected chi connectivity index (χ2v) is 7.05. The van der Waals surface area contributed by atoms with Crippen molar-refractivity contribution in [2.24, 2.45) is 0 Å². The fraction of sp³-hybridized carbons (Fsp3) is 0.688. The number of rotatable bonds is 5. The first-order valence-electron chi connectivity index (χ1n) is 8.56. The fourth-order valence-electron chi connectivity index (χ4n) is 2.83. The summed E-state index contributed by atoms with van der Waals surface area (Å²) in [4.78, 5) is 13.7. The quantitative estimate of drug-likeness (QED) is 0.848. The average Bonchev–Trinajstić information content (AvgIpc) is 2.67. The van der Waals surface area contributed by atoms with E-state index in [2.05, 4.69) is 26.2 Å². The number of nitrogens with one attached hydrogen (secondary N) is 1. The monoisotopic (exact) mass is 348 g/mol. The molecule has 2 fully saturated rings. The second kappa shape index (κ2) is 8.40. The Balaban J connectivity index is 1.97. The van der Waals surface area contributed by atoms with Crippen LogP contribution in [0.1, 0.15) is 18.9 Å². The molecule has 7 nitrogen and oxygen atoms in total. The van der Waals surface area contributed by atoms with Crippen LogP contribution in [0.4, 0.5) is 11.8 Å². The molecule has 0 saturated carbocycles. The highest BCUT2D eigenvalue weighted by atomic mass is 32.2. The smallest absolute Gasteiger partial charge is 0.238 e. The number of aromatic nitrogens is 2. The van der Waals surface area contributed by atoms with Crippen molar-refractivity contribution in [3.05, 3.63) is 5.56 Å². The summed E-state index contributed by atoms with van der Waals surface area (Å²) < 4.78 is 5.79. The highest BCUT2D eigenvalue weighted by molar-refractivity contribution is 7.99. The van der Waals surface area contributed by atoms with Gasteiger partial charge in [-0.05, 0) is 6.42 Å². The molecule has 3 rings (SSSR count). The molecule has 0 bridgehead atoms. The Morgan fingerprint density at radius 2 is 1.92 bits per heavy atom. The Morgan fingerprint density at radius 3 is 2.58 bits per heavy atom. The molecule has 0 spiro atoms. The lowest BCUT2D eigenvalue weighted by atomic mass is 10.2. The van der Waals surface area contributed by atoms with Crippen LogP contribution in [-0.2, 0) is 0 Å². The van der Waals surface area contributed by atoms with Crippen LogP contribution in [0.5, 0.6) is 5.88 Å². The van der Waals surface area contributed by atoms with Gasteiger partial charge in [-0.2, -0.15) is 27.0 Å². The van der Waals surface area contributed by atoms with Crippen LogP contribution in [0.2, 0.25) is 0 Å². The molecular weight excluding hydrogens is 324 g/mol. The van der Waals surface area contributed by atoms with E-state index in [4.69, 9.17) is 9.72 Å². The Bertz CT molecular complexity index is 593. The first kappa shape index (κ1) is 17.1. The lowest BCUT2D eigenvalue weighted by Crippen LogP contribution is -2.44. The van der Waals surface area contributed by atoms with Gasteiger partial charge in [0, 0.05) is 50.8 Å². The van der Waals surface area contributed by atoms with Gasteiger partial charge in [-0.25, -0.2) is 0 Å². The number of anilines is 2. The summed E-state index contributed by atoms with van der Waals surface area (Å²) in [5.74, 6) is 3.95. The van der Waals surface area contributed by atoms with Crippen LogP contribution in [0.3, 0.4) is 0 Å². The summed E-state index contributed by atoms with van der Waals surface area (Å²) in [6.45, 7) is 8.00. The number of ether oxygens (including phenoxy) is 1. The van der Waals surface area contributed by atoms with Crippen molar-refractivity contribution in [3.8, 4) is 11.9 Å². The molecule has 130 valence electrons. The number of hydrogen-bond acceptors (Lipinski definition) is 8. The van der Waals surface area contributed by atoms with Gasteiger partial charge in [0.2, 0.25) is 11.8 Å². The van der Waals surface area contributed by atoms with Crippen molar-refractivity contribution in [1.82, 2.24) is 15.3 Å². The van der Waals surface area contributed by atoms with E-state index in [9.17, 15) is 5.26 Å². The second-order valence-electron chi connectivity index (χ2n) is 5.82. The maximum atomic E-state index is 9.67. The lowest BCUT2D eigenvalue weighted by molar-refractivity contribution is 0.303. The summed E-state index contributed by atoms with van der Waals surface area (Å²) in [5, 5.41) is 13.0. The Morgan fingerprint density at radius 1 is 1.17 bits per heavy atom. The van der Waals surface area contributed by atoms with Gasteiger partial charge in [0.15, 0.2) is 11.4 Å². The molecule has 2 saturated heterocycles. The maximum absolute atomic E-state index is 9.67. The Hall–Kier alpha value is -1.72. The summed E-state index contributed by atoms with van der Waals surface area (Å²) in [7, 11) is 0. The molecule has 2 aliphatic heterocycles. The zero-order chi connectivity index (χ0) is 16.8. The summed E-state index contributed by atoms with van der Waals surface area (Å²) in [6.07, 6.45) is 0.882. The molecule has 1 aromatic rings. The largest absolute Gasteiger partial charge is 0.477 e. The third-order valence-electron chi connectivity index (χ3n) is 4.11. The van der Waals surface area contributed by atoms with E-state index < -0.39 is 0 Å². The van der Waals surface area contributed by atoms with Gasteiger partial charge < -0.3 is 19.9 Å². The van der Waals surface area contributed by atoms with Crippen LogP contribution in [0.15, 0.2) is 0 Å². The predicted octanol–water partition coefficient (Wildman–Crippen LogP) is 1.10. The first-order valence-corrected chi connectivity index (χ1v) is 9.72. The normalized spacial score (nSPS) is 18.3. The zero-order valence-corrected chi connectivity index (χ0v) is 14.9. The third kappa shape index (κ3) is 3.84. The molecule has 0 aromatic carbocycles. The van der Waals surface area contributed by atoms with Crippen molar-refractivity contribution < 1.29 is 4.74 Å². The maximum Gasteiger partial charge on any atom is 0.238 e. The molecule has 24 heavy (non-hydrogen) atoms. The number of nitrogens with zero attached hydrogens (tertiary/aromatic N) is 5. The van der Waals surface area contributed by atoms with Crippen LogP contribution in [0.25, 0.3) is 0 Å². The summed E-state index contributed by atoms with van der Waals surface area (Å²) >= 11 is 1.94. The van der Waals surface area contributed by atoms with E-state index >= 15 is 0 Å². The van der Waals surface area contributed by atoms with Crippen molar-refractivity contribution in [2.75, 3.05) is 67.2 Å². The molecule has 8 heteroatoms. The van der Waals surface area contributed by atoms with E-state index in [0.717, 1.165) is 63.0 Å². The SMILES string of the molecule is CCCOc1nc(N2CCNCC2)nc(N2CCSCC2)c1C#N. The fourth-order valence-corrected chi connectivity index (χ4v) is 3.73. The number of hydrogen-bond donors (Lipinski definition) is 1. The molecule has 3 heterocycles. The highest BCUT2D eigenvalue weighted by Crippen LogP contribution is 2.30. The third-order valence-corrected chi connectivity index (χ3v) is 5.05. The lowest BCUT2D eigenvalue weighted by Gasteiger charge is -2.31. The molecule has 0 amide bonds. The molecule has 2 aliphatic rings. The van der Waals surface area contributed by atoms with Crippen molar-refractivity contribution >= 4 is 23.5 Å². The van der Waals surface area contributed by atoms with Crippen molar-refractivity contribution in [2.45, 2.75) is 13.3 Å². The number of thioether (sulfide) groups is 1. The zero-order valence-electron chi connectivity index (χ0n) is 14.1. The van der Waals surface area contributed by atoms with Gasteiger partial charge in [-0.1, -0.05) is 6.92 Å². The summed E-state index contributed by atoms with van der Waals surface area (Å²) in [5.41, 5.74) is 0.467. The molecule has 0 aliphatic carbocycles. The average molecular weight is 348 g/mol. The van der Waals surface area contributed by atoms with Gasteiger partial charge in [0.25, 0.3) is 0 Å². The molecule has 0 unspecified atom stereocenters. The molecule has 1 aromatic heterocycles. The van der Waals surface area contributed by atoms with Crippen LogP contribution in [0, 0.1) is 11.3 Å². The van der Waals surface area contributed by atoms with Crippen molar-refractivity contribution in [1.29, 1.82) is 5.26 Å². The predicted molar refractivity (Wildman–Crippen MR) is 97.2 cm³/mol. The van der Waals surface area contributed by atoms with Crippen molar-refractivity contribution in [3.63, 3.8) is 0 Å². The van der Waals surface area contributed by atoms with E-state index in [1.165, 1.54) is 0 Å². The molecule has 0 radical (unpaired) electrons. The van der Waals surface area contributed by atoms with Crippen LogP contribution < -0.4 is 19.9 Å². The van der Waals surface area contributed by atoms with Gasteiger partial charge in [0.05, 0.1) is 6.61 Å². The van der Waals surface area contributed by atoms with E-state index in [1.807, 2.05) is 18.7 Å². The van der Waals surface area contributed by atoms with Gasteiger partial charge in [-0.15, -0.1) is 0 Å². The number of piperazine rings is 1. The van der Waals surface area contributed by atoms with Crippen LogP contribution >= 0.6 is 11.8 Å².